The minimum absolute atomic E-state index is 0. The van der Waals surface area contributed by atoms with E-state index in [9.17, 15) is 69.9 Å². The van der Waals surface area contributed by atoms with Crippen LogP contribution < -0.4 is 21.2 Å². The molecular weight excluding hydrogens is 1080 g/mol. The van der Waals surface area contributed by atoms with Crippen molar-refractivity contribution in [2.24, 2.45) is 0 Å². The summed E-state index contributed by atoms with van der Waals surface area (Å²) in [5.74, 6) is -58.0. The van der Waals surface area contributed by atoms with Crippen LogP contribution in [0, 0.1) is 148 Å². The summed E-state index contributed by atoms with van der Waals surface area (Å²) >= 11 is 0. The van der Waals surface area contributed by atoms with Gasteiger partial charge < -0.3 is 26.3 Å². The van der Waals surface area contributed by atoms with E-state index in [0.29, 0.717) is 6.29 Å². The number of allylic oxidation sites excluding steroid dienone is 1. The Kier molecular flexibility index (Phi) is 22.3. The maximum absolute atomic E-state index is 15.0. The fourth-order valence-electron chi connectivity index (χ4n) is 5.25. The Hall–Kier alpha value is -4.03. The topological polar surface area (TPSA) is 35.5 Å². The fraction of sp³-hybridized carbons (Fsp3) is 0.135. The van der Waals surface area contributed by atoms with E-state index in [1.165, 1.54) is 6.08 Å². The van der Waals surface area contributed by atoms with Gasteiger partial charge in [-0.2, -0.15) is 0 Å². The van der Waals surface area contributed by atoms with Crippen LogP contribution >= 0.6 is 16.3 Å². The molecule has 2 atom stereocenters. The molecule has 31 heteroatoms. The van der Waals surface area contributed by atoms with Crippen LogP contribution in [-0.4, -0.2) is 25.7 Å². The van der Waals surface area contributed by atoms with Crippen molar-refractivity contribution in [1.82, 2.24) is 0 Å². The Balaban J connectivity index is 0.000000918. The second kappa shape index (κ2) is 25.2. The SMILES string of the molecule is C=CC=O.F[B-](F)(F)F.Fc1c(F)c(F)c(P(O[C@@H]2CCC[C@H]2OP(c2c(F)c(F)c(F)c(F)c2F)c2c(F)c(F)c(F)c(F)c2F)c2c(F)c(F)c(F)c(F)c2F)c(F)c1F.[CH]1[CH][CH][CH][CH]1.[Fe]. The Labute approximate surface area is 379 Å². The maximum Gasteiger partial charge on any atom is 0.673 e. The molecule has 0 saturated heterocycles. The van der Waals surface area contributed by atoms with Crippen molar-refractivity contribution in [1.29, 1.82) is 0 Å². The van der Waals surface area contributed by atoms with Crippen molar-refractivity contribution in [3.8, 4) is 0 Å². The predicted octanol–water partition coefficient (Wildman–Crippen LogP) is 11.5. The Morgan fingerprint density at radius 1 is 0.397 bits per heavy atom. The van der Waals surface area contributed by atoms with Gasteiger partial charge in [0.15, 0.2) is 93.1 Å². The van der Waals surface area contributed by atoms with E-state index in [0.717, 1.165) is 0 Å². The molecule has 2 aliphatic carbocycles. The molecule has 0 unspecified atom stereocenters. The average Bonchev–Trinajstić information content (AvgIpc) is 4.02. The number of carbonyl (C=O) groups is 1. The van der Waals surface area contributed by atoms with Gasteiger partial charge >= 0.3 is 7.25 Å². The molecule has 373 valence electrons. The molecule has 4 aromatic rings. The second-order valence-corrected chi connectivity index (χ2v) is 15.7. The average molecular weight is 1090 g/mol. The molecule has 0 heterocycles. The van der Waals surface area contributed by atoms with Gasteiger partial charge in [0.2, 0.25) is 23.3 Å². The van der Waals surface area contributed by atoms with Crippen molar-refractivity contribution >= 4 is 51.1 Å². The van der Waals surface area contributed by atoms with Gasteiger partial charge in [0, 0.05) is 17.1 Å². The minimum atomic E-state index is -6.00. The third-order valence-corrected chi connectivity index (χ3v) is 12.2. The minimum Gasteiger partial charge on any atom is -0.418 e. The van der Waals surface area contributed by atoms with E-state index >= 15 is 35.1 Å². The molecule has 6 rings (SSSR count). The summed E-state index contributed by atoms with van der Waals surface area (Å²) in [5, 5.41) is -9.47. The molecule has 2 fully saturated rings. The number of aldehydes is 1. The van der Waals surface area contributed by atoms with E-state index in [-0.39, 0.29) is 17.1 Å². The smallest absolute Gasteiger partial charge is 0.418 e. The predicted molar refractivity (Wildman–Crippen MR) is 189 cm³/mol. The normalized spacial score (nSPS) is 15.6. The number of carbonyl (C=O) groups excluding carboxylic acids is 1. The van der Waals surface area contributed by atoms with Gasteiger partial charge in [-0.3, -0.25) is 4.79 Å². The summed E-state index contributed by atoms with van der Waals surface area (Å²) in [6, 6.07) is 0. The summed E-state index contributed by atoms with van der Waals surface area (Å²) in [6.45, 7) is 3.11. The molecule has 0 N–H and O–H groups in total. The van der Waals surface area contributed by atoms with Gasteiger partial charge in [-0.1, -0.05) is 6.58 Å². The number of benzene rings is 4. The summed E-state index contributed by atoms with van der Waals surface area (Å²) < 4.78 is 339. The maximum atomic E-state index is 15.0. The fourth-order valence-corrected chi connectivity index (χ4v) is 9.35. The zero-order chi connectivity index (χ0) is 51.2. The van der Waals surface area contributed by atoms with Gasteiger partial charge in [-0.25, -0.2) is 87.8 Å². The van der Waals surface area contributed by atoms with Crippen LogP contribution in [0.3, 0.4) is 0 Å². The van der Waals surface area contributed by atoms with Crippen molar-refractivity contribution in [2.75, 3.05) is 0 Å². The summed E-state index contributed by atoms with van der Waals surface area (Å²) in [7, 11) is -15.1. The van der Waals surface area contributed by atoms with Crippen LogP contribution in [0.4, 0.5) is 105 Å². The zero-order valence-corrected chi connectivity index (χ0v) is 35.0. The van der Waals surface area contributed by atoms with Crippen LogP contribution in [0.25, 0.3) is 0 Å². The van der Waals surface area contributed by atoms with Gasteiger partial charge in [0.1, 0.15) is 22.6 Å². The Bertz CT molecular complexity index is 2070. The van der Waals surface area contributed by atoms with Gasteiger partial charge in [-0.15, -0.1) is 0 Å². The van der Waals surface area contributed by atoms with E-state index in [1.807, 2.05) is 32.1 Å². The molecular formula is C37H17BF24FeO3P2-. The number of hydrogen-bond donors (Lipinski definition) is 0. The van der Waals surface area contributed by atoms with Crippen LogP contribution in [0.2, 0.25) is 0 Å². The largest absolute Gasteiger partial charge is 0.673 e. The van der Waals surface area contributed by atoms with Crippen LogP contribution in [-0.2, 0) is 30.9 Å². The molecule has 5 radical (unpaired) electrons. The van der Waals surface area contributed by atoms with Crippen molar-refractivity contribution in [3.05, 3.63) is 161 Å². The van der Waals surface area contributed by atoms with Crippen molar-refractivity contribution < 1.29 is 136 Å². The van der Waals surface area contributed by atoms with Gasteiger partial charge in [0.05, 0.1) is 33.4 Å². The number of halogens is 24. The third kappa shape index (κ3) is 13.2. The van der Waals surface area contributed by atoms with Gasteiger partial charge in [0.25, 0.3) is 0 Å². The molecule has 3 nitrogen and oxygen atoms in total. The number of hydrogen-bond acceptors (Lipinski definition) is 3. The van der Waals surface area contributed by atoms with Crippen LogP contribution in [0.15, 0.2) is 12.7 Å². The van der Waals surface area contributed by atoms with E-state index in [1.54, 1.807) is 0 Å². The molecule has 0 spiro atoms. The quantitative estimate of drug-likeness (QED) is 0.0319. The molecule has 0 aromatic heterocycles. The molecule has 2 aliphatic rings. The van der Waals surface area contributed by atoms with Crippen molar-refractivity contribution in [2.45, 2.75) is 31.5 Å². The monoisotopic (exact) mass is 1090 g/mol. The third-order valence-electron chi connectivity index (χ3n) is 8.08. The standard InChI is InChI=1S/C29H8F20O2P2.C5H5.C3H4O.BF4.Fe/c30-6-10(34)18(42)26(19(43)11(6)35)52(27-20(44)12(36)7(31)13(37)21(27)45)50-4-2-1-3-5(4)51-53(28-22(46)14(38)8(32)15(39)23(28)47)29-24(48)16(40)9(33)17(41)25(29)49;1-2-4-5-3-1;1-2-3-4;2-1(3,4)5;/h4-5H,1-3H2;1-5H;2-3H,1H2;;/q;;;-1;/t4-,5-;;;;/m1..../s1. The van der Waals surface area contributed by atoms with Crippen molar-refractivity contribution in [3.63, 3.8) is 0 Å². The number of rotatable bonds is 9. The molecule has 2 saturated carbocycles. The Morgan fingerprint density at radius 2 is 0.544 bits per heavy atom. The van der Waals surface area contributed by atoms with E-state index in [4.69, 9.17) is 13.8 Å². The first-order chi connectivity index (χ1) is 31.1. The van der Waals surface area contributed by atoms with Crippen LogP contribution in [0.5, 0.6) is 0 Å². The summed E-state index contributed by atoms with van der Waals surface area (Å²) in [5.41, 5.74) is 0. The second-order valence-electron chi connectivity index (χ2n) is 12.3. The van der Waals surface area contributed by atoms with Gasteiger partial charge in [-0.05, 0) is 57.4 Å². The summed E-state index contributed by atoms with van der Waals surface area (Å²) in [4.78, 5) is 9.06. The molecule has 4 aromatic carbocycles. The Morgan fingerprint density at radius 3 is 0.691 bits per heavy atom. The first-order valence-corrected chi connectivity index (χ1v) is 19.7. The van der Waals surface area contributed by atoms with E-state index < -0.39 is 193 Å². The summed E-state index contributed by atoms with van der Waals surface area (Å²) in [6.07, 6.45) is 5.10. The molecule has 68 heavy (non-hydrogen) atoms. The zero-order valence-electron chi connectivity index (χ0n) is 32.1. The van der Waals surface area contributed by atoms with Crippen LogP contribution in [0.1, 0.15) is 19.3 Å². The van der Waals surface area contributed by atoms with E-state index in [2.05, 4.69) is 6.58 Å². The molecule has 0 amide bonds. The molecule has 0 bridgehead atoms. The first-order valence-electron chi connectivity index (χ1n) is 17.2. The first kappa shape index (κ1) is 60.1. The molecule has 0 aliphatic heterocycles.